The van der Waals surface area contributed by atoms with Crippen LogP contribution in [0.15, 0.2) is 0 Å². The molecule has 0 saturated heterocycles. The van der Waals surface area contributed by atoms with Crippen molar-refractivity contribution in [1.82, 2.24) is 15.1 Å². The van der Waals surface area contributed by atoms with Gasteiger partial charge in [0, 0.05) is 12.6 Å². The van der Waals surface area contributed by atoms with Gasteiger partial charge in [-0.2, -0.15) is 5.10 Å². The van der Waals surface area contributed by atoms with Crippen LogP contribution in [0.2, 0.25) is 0 Å². The highest BCUT2D eigenvalue weighted by Crippen LogP contribution is 2.36. The first-order chi connectivity index (χ1) is 9.08. The van der Waals surface area contributed by atoms with E-state index in [0.717, 1.165) is 25.1 Å². The van der Waals surface area contributed by atoms with Crippen LogP contribution in [0.25, 0.3) is 0 Å². The van der Waals surface area contributed by atoms with E-state index in [-0.39, 0.29) is 11.8 Å². The summed E-state index contributed by atoms with van der Waals surface area (Å²) in [6.07, 6.45) is 4.76. The Labute approximate surface area is 113 Å². The number of carbonyl (C=O) groups excluding carboxylic acids is 1. The van der Waals surface area contributed by atoms with Crippen molar-refractivity contribution < 1.29 is 4.79 Å². The summed E-state index contributed by atoms with van der Waals surface area (Å²) in [6.45, 7) is 4.97. The Balaban J connectivity index is 1.80. The van der Waals surface area contributed by atoms with E-state index in [9.17, 15) is 4.79 Å². The summed E-state index contributed by atoms with van der Waals surface area (Å²) < 4.78 is 0. The van der Waals surface area contributed by atoms with Crippen LogP contribution in [0.5, 0.6) is 0 Å². The van der Waals surface area contributed by atoms with Gasteiger partial charge in [0.15, 0.2) is 5.69 Å². The molecule has 0 atom stereocenters. The van der Waals surface area contributed by atoms with Crippen LogP contribution >= 0.6 is 0 Å². The minimum Gasteiger partial charge on any atom is -0.395 e. The third kappa shape index (κ3) is 2.46. The Morgan fingerprint density at radius 2 is 2.11 bits per heavy atom. The minimum absolute atomic E-state index is 0.00931. The van der Waals surface area contributed by atoms with Gasteiger partial charge in [-0.05, 0) is 37.5 Å². The second-order valence-electron chi connectivity index (χ2n) is 6.19. The molecule has 0 aliphatic heterocycles. The molecule has 1 aromatic rings. The average Bonchev–Trinajstić information content (AvgIpc) is 3.24. The lowest BCUT2D eigenvalue weighted by molar-refractivity contribution is 0.0730. The SMILES string of the molecule is CC(C)c1[nH]nc(C(=O)N(CC2CC2)C2CC2)c1N. The third-order valence-corrected chi connectivity index (χ3v) is 4.01. The molecule has 1 amide bonds. The molecule has 2 aliphatic carbocycles. The standard InChI is InChI=1S/C14H22N4O/c1-8(2)12-11(15)13(17-16-12)14(19)18(10-5-6-10)7-9-3-4-9/h8-10H,3-7,15H2,1-2H3,(H,16,17). The molecule has 2 aliphatic rings. The second-order valence-corrected chi connectivity index (χ2v) is 6.19. The van der Waals surface area contributed by atoms with Crippen LogP contribution in [0.1, 0.15) is 61.6 Å². The number of nitrogens with zero attached hydrogens (tertiary/aromatic N) is 2. The topological polar surface area (TPSA) is 75.0 Å². The predicted molar refractivity (Wildman–Crippen MR) is 73.9 cm³/mol. The van der Waals surface area contributed by atoms with E-state index in [1.807, 2.05) is 18.7 Å². The van der Waals surface area contributed by atoms with Crippen molar-refractivity contribution in [2.45, 2.75) is 51.5 Å². The van der Waals surface area contributed by atoms with E-state index in [2.05, 4.69) is 10.2 Å². The number of rotatable bonds is 5. The van der Waals surface area contributed by atoms with E-state index < -0.39 is 0 Å². The fourth-order valence-corrected chi connectivity index (χ4v) is 2.47. The number of anilines is 1. The van der Waals surface area contributed by atoms with Crippen molar-refractivity contribution in [3.8, 4) is 0 Å². The number of carbonyl (C=O) groups is 1. The molecule has 1 aromatic heterocycles. The van der Waals surface area contributed by atoms with Crippen LogP contribution in [-0.4, -0.2) is 33.6 Å². The zero-order chi connectivity index (χ0) is 13.6. The van der Waals surface area contributed by atoms with Crippen LogP contribution in [0.4, 0.5) is 5.69 Å². The maximum absolute atomic E-state index is 12.6. The smallest absolute Gasteiger partial charge is 0.276 e. The Bertz CT molecular complexity index is 486. The summed E-state index contributed by atoms with van der Waals surface area (Å²) in [6, 6.07) is 0.423. The molecule has 2 saturated carbocycles. The monoisotopic (exact) mass is 262 g/mol. The zero-order valence-corrected chi connectivity index (χ0v) is 11.6. The molecule has 3 rings (SSSR count). The van der Waals surface area contributed by atoms with Crippen LogP contribution in [0, 0.1) is 5.92 Å². The fraction of sp³-hybridized carbons (Fsp3) is 0.714. The molecule has 1 heterocycles. The van der Waals surface area contributed by atoms with Gasteiger partial charge in [0.05, 0.1) is 11.4 Å². The third-order valence-electron chi connectivity index (χ3n) is 4.01. The maximum atomic E-state index is 12.6. The molecule has 19 heavy (non-hydrogen) atoms. The molecule has 5 heteroatoms. The number of H-pyrrole nitrogens is 1. The lowest BCUT2D eigenvalue weighted by Crippen LogP contribution is -2.35. The number of amides is 1. The zero-order valence-electron chi connectivity index (χ0n) is 11.6. The largest absolute Gasteiger partial charge is 0.395 e. The van der Waals surface area contributed by atoms with Gasteiger partial charge in [0.1, 0.15) is 0 Å². The number of nitrogens with two attached hydrogens (primary N) is 1. The quantitative estimate of drug-likeness (QED) is 0.853. The molecule has 0 aromatic carbocycles. The van der Waals surface area contributed by atoms with Crippen molar-refractivity contribution in [2.75, 3.05) is 12.3 Å². The highest BCUT2D eigenvalue weighted by atomic mass is 16.2. The number of nitrogen functional groups attached to an aromatic ring is 1. The van der Waals surface area contributed by atoms with Crippen molar-refractivity contribution in [2.24, 2.45) is 5.92 Å². The Hall–Kier alpha value is -1.52. The van der Waals surface area contributed by atoms with E-state index in [1.165, 1.54) is 12.8 Å². The molecule has 2 fully saturated rings. The first kappa shape index (κ1) is 12.5. The molecular weight excluding hydrogens is 240 g/mol. The van der Waals surface area contributed by atoms with Crippen molar-refractivity contribution in [1.29, 1.82) is 0 Å². The lowest BCUT2D eigenvalue weighted by Gasteiger charge is -2.21. The number of hydrogen-bond donors (Lipinski definition) is 2. The Morgan fingerprint density at radius 1 is 1.42 bits per heavy atom. The molecule has 0 unspecified atom stereocenters. The molecule has 0 spiro atoms. The second kappa shape index (κ2) is 4.54. The number of aromatic amines is 1. The molecule has 3 N–H and O–H groups in total. The number of hydrogen-bond acceptors (Lipinski definition) is 3. The van der Waals surface area contributed by atoms with E-state index in [1.54, 1.807) is 0 Å². The minimum atomic E-state index is 0.00931. The Kier molecular flexibility index (Phi) is 2.99. The maximum Gasteiger partial charge on any atom is 0.276 e. The van der Waals surface area contributed by atoms with E-state index in [4.69, 9.17) is 5.73 Å². The van der Waals surface area contributed by atoms with Gasteiger partial charge in [-0.3, -0.25) is 9.89 Å². The summed E-state index contributed by atoms with van der Waals surface area (Å²) in [7, 11) is 0. The molecule has 5 nitrogen and oxygen atoms in total. The average molecular weight is 262 g/mol. The molecule has 0 bridgehead atoms. The number of nitrogens with one attached hydrogen (secondary N) is 1. The van der Waals surface area contributed by atoms with Crippen molar-refractivity contribution in [3.63, 3.8) is 0 Å². The van der Waals surface area contributed by atoms with Gasteiger partial charge in [-0.25, -0.2) is 0 Å². The summed E-state index contributed by atoms with van der Waals surface area (Å²) in [5, 5.41) is 7.07. The van der Waals surface area contributed by atoms with Crippen LogP contribution in [0.3, 0.4) is 0 Å². The predicted octanol–water partition coefficient (Wildman–Crippen LogP) is 2.13. The molecule has 104 valence electrons. The molecule has 0 radical (unpaired) electrons. The van der Waals surface area contributed by atoms with Gasteiger partial charge in [-0.1, -0.05) is 13.8 Å². The first-order valence-corrected chi connectivity index (χ1v) is 7.22. The lowest BCUT2D eigenvalue weighted by atomic mass is 10.1. The normalized spacial score (nSPS) is 18.9. The van der Waals surface area contributed by atoms with Gasteiger partial charge in [0.25, 0.3) is 5.91 Å². The summed E-state index contributed by atoms with van der Waals surface area (Å²) in [5.74, 6) is 0.969. The summed E-state index contributed by atoms with van der Waals surface area (Å²) in [4.78, 5) is 14.6. The van der Waals surface area contributed by atoms with Crippen LogP contribution in [-0.2, 0) is 0 Å². The van der Waals surface area contributed by atoms with E-state index in [0.29, 0.717) is 23.3 Å². The highest BCUT2D eigenvalue weighted by molar-refractivity contribution is 5.98. The van der Waals surface area contributed by atoms with Crippen molar-refractivity contribution in [3.05, 3.63) is 11.4 Å². The van der Waals surface area contributed by atoms with Gasteiger partial charge in [-0.15, -0.1) is 0 Å². The van der Waals surface area contributed by atoms with Gasteiger partial charge in [0.2, 0.25) is 0 Å². The first-order valence-electron chi connectivity index (χ1n) is 7.22. The van der Waals surface area contributed by atoms with E-state index >= 15 is 0 Å². The number of aromatic nitrogens is 2. The van der Waals surface area contributed by atoms with Crippen molar-refractivity contribution >= 4 is 11.6 Å². The fourth-order valence-electron chi connectivity index (χ4n) is 2.47. The Morgan fingerprint density at radius 3 is 2.58 bits per heavy atom. The van der Waals surface area contributed by atoms with Crippen LogP contribution < -0.4 is 5.73 Å². The summed E-state index contributed by atoms with van der Waals surface area (Å²) >= 11 is 0. The van der Waals surface area contributed by atoms with Gasteiger partial charge < -0.3 is 10.6 Å². The highest BCUT2D eigenvalue weighted by Gasteiger charge is 2.38. The summed E-state index contributed by atoms with van der Waals surface area (Å²) in [5.41, 5.74) is 7.88. The molecular formula is C14H22N4O. The van der Waals surface area contributed by atoms with Gasteiger partial charge >= 0.3 is 0 Å².